The highest BCUT2D eigenvalue weighted by molar-refractivity contribution is 9.10. The Hall–Kier alpha value is -1.09. The number of rotatable bonds is 0. The average Bonchev–Trinajstić information content (AvgIpc) is 2.88. The van der Waals surface area contributed by atoms with E-state index in [2.05, 4.69) is 51.2 Å². The lowest BCUT2D eigenvalue weighted by atomic mass is 10.1. The fraction of sp³-hybridized carbons (Fsp3) is 0.308. The highest BCUT2D eigenvalue weighted by Gasteiger charge is 2.41. The second kappa shape index (κ2) is 2.98. The minimum Gasteiger partial charge on any atom is -0.349 e. The van der Waals surface area contributed by atoms with Gasteiger partial charge in [0.25, 0.3) is 0 Å². The first-order chi connectivity index (χ1) is 7.83. The van der Waals surface area contributed by atoms with Crippen LogP contribution in [0, 0.1) is 5.92 Å². The number of amidine groups is 1. The Morgan fingerprint density at radius 1 is 1.31 bits per heavy atom. The van der Waals surface area contributed by atoms with E-state index in [9.17, 15) is 0 Å². The highest BCUT2D eigenvalue weighted by atomic mass is 79.9. The third kappa shape index (κ3) is 1.04. The second-order valence-electron chi connectivity index (χ2n) is 4.63. The smallest absolute Gasteiger partial charge is 0.113 e. The van der Waals surface area contributed by atoms with E-state index in [4.69, 9.17) is 4.99 Å². The van der Waals surface area contributed by atoms with Gasteiger partial charge < -0.3 is 4.90 Å². The van der Waals surface area contributed by atoms with E-state index < -0.39 is 0 Å². The molecule has 0 amide bonds. The number of hydrogen-bond donors (Lipinski definition) is 0. The molecule has 0 N–H and O–H groups in total. The van der Waals surface area contributed by atoms with Crippen molar-refractivity contribution in [3.05, 3.63) is 40.4 Å². The van der Waals surface area contributed by atoms with Crippen molar-refractivity contribution in [3.8, 4) is 0 Å². The molecule has 1 saturated heterocycles. The molecule has 2 aliphatic heterocycles. The monoisotopic (exact) mass is 274 g/mol. The molecule has 2 nitrogen and oxygen atoms in total. The fourth-order valence-electron chi connectivity index (χ4n) is 2.93. The number of halogens is 1. The fourth-order valence-corrected chi connectivity index (χ4v) is 3.41. The summed E-state index contributed by atoms with van der Waals surface area (Å²) < 4.78 is 1.18. The van der Waals surface area contributed by atoms with Gasteiger partial charge in [-0.3, -0.25) is 0 Å². The van der Waals surface area contributed by atoms with Crippen LogP contribution < -0.4 is 0 Å². The molecule has 2 bridgehead atoms. The first kappa shape index (κ1) is 8.99. The maximum atomic E-state index is 4.81. The lowest BCUT2D eigenvalue weighted by molar-refractivity contribution is 0.377. The predicted octanol–water partition coefficient (Wildman–Crippen LogP) is 3.25. The van der Waals surface area contributed by atoms with E-state index in [0.29, 0.717) is 12.0 Å². The Morgan fingerprint density at radius 2 is 2.25 bits per heavy atom. The Balaban J connectivity index is 1.90. The first-order valence-corrected chi connectivity index (χ1v) is 6.43. The summed E-state index contributed by atoms with van der Waals surface area (Å²) in [4.78, 5) is 7.25. The molecule has 2 heterocycles. The second-order valence-corrected chi connectivity index (χ2v) is 5.48. The molecular weight excluding hydrogens is 264 g/mol. The molecule has 1 aromatic carbocycles. The standard InChI is InChI=1S/C13H11BrN2/c14-11-2-1-3-12-10(11)7-16-9-5-4-8(6-9)13(16)15-12/h1-5,8-9H,6-7H2. The minimum absolute atomic E-state index is 0.567. The minimum atomic E-state index is 0.567. The number of hydrogen-bond acceptors (Lipinski definition) is 2. The summed E-state index contributed by atoms with van der Waals surface area (Å²) in [5.41, 5.74) is 2.47. The Bertz CT molecular complexity index is 533. The van der Waals surface area contributed by atoms with Crippen LogP contribution in [0.15, 0.2) is 39.8 Å². The summed E-state index contributed by atoms with van der Waals surface area (Å²) in [5.74, 6) is 1.84. The van der Waals surface area contributed by atoms with Crippen molar-refractivity contribution in [3.63, 3.8) is 0 Å². The molecule has 4 rings (SSSR count). The van der Waals surface area contributed by atoms with Crippen LogP contribution in [0.2, 0.25) is 0 Å². The SMILES string of the molecule is Brc1cccc2c1CN1C(=N2)C2C=CC1C2. The molecule has 1 aliphatic carbocycles. The summed E-state index contributed by atoms with van der Waals surface area (Å²) in [6, 6.07) is 6.86. The zero-order valence-electron chi connectivity index (χ0n) is 8.73. The molecule has 80 valence electrons. The molecule has 16 heavy (non-hydrogen) atoms. The number of benzene rings is 1. The summed E-state index contributed by atoms with van der Waals surface area (Å²) in [7, 11) is 0. The Morgan fingerprint density at radius 3 is 3.19 bits per heavy atom. The van der Waals surface area contributed by atoms with Crippen molar-refractivity contribution >= 4 is 27.5 Å². The molecule has 0 aromatic heterocycles. The zero-order chi connectivity index (χ0) is 10.7. The third-order valence-electron chi connectivity index (χ3n) is 3.74. The lowest BCUT2D eigenvalue weighted by Crippen LogP contribution is -2.36. The zero-order valence-corrected chi connectivity index (χ0v) is 10.3. The van der Waals surface area contributed by atoms with E-state index >= 15 is 0 Å². The maximum absolute atomic E-state index is 4.81. The van der Waals surface area contributed by atoms with Gasteiger partial charge in [0.15, 0.2) is 0 Å². The Kier molecular flexibility index (Phi) is 1.67. The van der Waals surface area contributed by atoms with Gasteiger partial charge in [0.05, 0.1) is 5.69 Å². The van der Waals surface area contributed by atoms with Crippen molar-refractivity contribution in [1.29, 1.82) is 0 Å². The van der Waals surface area contributed by atoms with E-state index in [1.165, 1.54) is 22.3 Å². The Labute approximate surface area is 103 Å². The molecule has 2 unspecified atom stereocenters. The van der Waals surface area contributed by atoms with Crippen molar-refractivity contribution in [2.75, 3.05) is 0 Å². The predicted molar refractivity (Wildman–Crippen MR) is 67.8 cm³/mol. The normalized spacial score (nSPS) is 29.1. The van der Waals surface area contributed by atoms with Gasteiger partial charge in [-0.15, -0.1) is 0 Å². The largest absolute Gasteiger partial charge is 0.349 e. The van der Waals surface area contributed by atoms with Crippen LogP contribution in [0.1, 0.15) is 12.0 Å². The highest BCUT2D eigenvalue weighted by Crippen LogP contribution is 2.42. The molecule has 1 fully saturated rings. The van der Waals surface area contributed by atoms with Crippen LogP contribution in [-0.4, -0.2) is 16.8 Å². The van der Waals surface area contributed by atoms with Gasteiger partial charge in [0.1, 0.15) is 5.84 Å². The van der Waals surface area contributed by atoms with Gasteiger partial charge in [-0.2, -0.15) is 0 Å². The van der Waals surface area contributed by atoms with Gasteiger partial charge in [0, 0.05) is 28.5 Å². The van der Waals surface area contributed by atoms with Crippen LogP contribution >= 0.6 is 15.9 Å². The van der Waals surface area contributed by atoms with Crippen LogP contribution in [0.3, 0.4) is 0 Å². The van der Waals surface area contributed by atoms with E-state index in [1.807, 2.05) is 0 Å². The summed E-state index contributed by atoms with van der Waals surface area (Å²) >= 11 is 3.62. The van der Waals surface area contributed by atoms with Crippen LogP contribution in [0.5, 0.6) is 0 Å². The molecular formula is C13H11BrN2. The first-order valence-electron chi connectivity index (χ1n) is 5.64. The van der Waals surface area contributed by atoms with Crippen LogP contribution in [0.25, 0.3) is 0 Å². The topological polar surface area (TPSA) is 15.6 Å². The third-order valence-corrected chi connectivity index (χ3v) is 4.49. The quantitative estimate of drug-likeness (QED) is 0.663. The van der Waals surface area contributed by atoms with E-state index in [1.54, 1.807) is 0 Å². The van der Waals surface area contributed by atoms with Crippen LogP contribution in [0.4, 0.5) is 5.69 Å². The summed E-state index contributed by atoms with van der Waals surface area (Å²) in [5, 5.41) is 0. The van der Waals surface area contributed by atoms with Gasteiger partial charge >= 0.3 is 0 Å². The van der Waals surface area contributed by atoms with E-state index in [-0.39, 0.29) is 0 Å². The molecule has 0 spiro atoms. The molecule has 2 atom stereocenters. The average molecular weight is 275 g/mol. The van der Waals surface area contributed by atoms with Gasteiger partial charge in [-0.25, -0.2) is 4.99 Å². The van der Waals surface area contributed by atoms with Crippen molar-refractivity contribution in [1.82, 2.24) is 4.90 Å². The van der Waals surface area contributed by atoms with Crippen molar-refractivity contribution < 1.29 is 0 Å². The molecule has 1 aromatic rings. The van der Waals surface area contributed by atoms with Gasteiger partial charge in [-0.1, -0.05) is 34.1 Å². The number of fused-ring (bicyclic) bond motifs is 6. The molecule has 3 heteroatoms. The number of nitrogens with zero attached hydrogens (tertiary/aromatic N) is 2. The van der Waals surface area contributed by atoms with E-state index in [0.717, 1.165) is 12.2 Å². The lowest BCUT2D eigenvalue weighted by Gasteiger charge is -2.31. The molecule has 0 radical (unpaired) electrons. The van der Waals surface area contributed by atoms with Crippen molar-refractivity contribution in [2.24, 2.45) is 10.9 Å². The molecule has 0 saturated carbocycles. The van der Waals surface area contributed by atoms with Crippen molar-refractivity contribution in [2.45, 2.75) is 19.0 Å². The summed E-state index contributed by atoms with van der Waals surface area (Å²) in [6.07, 6.45) is 5.86. The summed E-state index contributed by atoms with van der Waals surface area (Å²) in [6.45, 7) is 1.00. The maximum Gasteiger partial charge on any atom is 0.113 e. The molecule has 3 aliphatic rings. The van der Waals surface area contributed by atoms with Crippen LogP contribution in [-0.2, 0) is 6.54 Å². The van der Waals surface area contributed by atoms with Gasteiger partial charge in [0.2, 0.25) is 0 Å². The number of aliphatic imine (C=N–C) groups is 1. The van der Waals surface area contributed by atoms with Gasteiger partial charge in [-0.05, 0) is 18.6 Å².